The highest BCUT2D eigenvalue weighted by molar-refractivity contribution is 8.30. The van der Waals surface area contributed by atoms with Crippen molar-refractivity contribution >= 4 is 74.0 Å². The van der Waals surface area contributed by atoms with Crippen LogP contribution in [0.4, 0.5) is 5.69 Å². The Bertz CT molecular complexity index is 1290. The molecule has 0 aliphatic carbocycles. The number of carbonyl (C=O) groups is 1. The van der Waals surface area contributed by atoms with Gasteiger partial charge in [0.15, 0.2) is 0 Å². The minimum Gasteiger partial charge on any atom is -0.497 e. The number of nitrogens with zero attached hydrogens (tertiary/aromatic N) is 3. The van der Waals surface area contributed by atoms with Crippen molar-refractivity contribution in [1.29, 1.82) is 0 Å². The van der Waals surface area contributed by atoms with Crippen LogP contribution in [-0.4, -0.2) is 40.4 Å². The number of hydrogen-bond donors (Lipinski definition) is 0. The summed E-state index contributed by atoms with van der Waals surface area (Å²) >= 11 is 9.50. The molecule has 162 valence electrons. The van der Waals surface area contributed by atoms with Crippen molar-refractivity contribution in [2.45, 2.75) is 25.3 Å². The van der Waals surface area contributed by atoms with Crippen LogP contribution in [-0.2, 0) is 11.3 Å². The average Bonchev–Trinajstić information content (AvgIpc) is 3.38. The summed E-state index contributed by atoms with van der Waals surface area (Å²) in [6.07, 6.45) is 3.83. The summed E-state index contributed by atoms with van der Waals surface area (Å²) in [5, 5.41) is 1.04. The Labute approximate surface area is 197 Å². The SMILES string of the molecule is CCN1C(=CC=c2sc(=C3SC(=S)N(C)C3=O)n(CC)c2=O)Sc2ccc(OC)cc21. The molecule has 0 atom stereocenters. The van der Waals surface area contributed by atoms with Gasteiger partial charge in [0.05, 0.1) is 22.4 Å². The lowest BCUT2D eigenvalue weighted by molar-refractivity contribution is -0.119. The van der Waals surface area contributed by atoms with Crippen molar-refractivity contribution in [2.75, 3.05) is 25.6 Å². The number of rotatable bonds is 4. The molecule has 4 rings (SSSR count). The van der Waals surface area contributed by atoms with E-state index in [0.717, 1.165) is 27.9 Å². The quantitative estimate of drug-likeness (QED) is 0.610. The fourth-order valence-electron chi connectivity index (χ4n) is 3.36. The lowest BCUT2D eigenvalue weighted by Gasteiger charge is -2.18. The molecule has 31 heavy (non-hydrogen) atoms. The van der Waals surface area contributed by atoms with Gasteiger partial charge in [-0.25, -0.2) is 0 Å². The zero-order valence-electron chi connectivity index (χ0n) is 17.5. The number of thiazole rings is 1. The third-order valence-corrected chi connectivity index (χ3v) is 8.96. The van der Waals surface area contributed by atoms with Gasteiger partial charge in [0.25, 0.3) is 11.5 Å². The summed E-state index contributed by atoms with van der Waals surface area (Å²) < 4.78 is 8.78. The van der Waals surface area contributed by atoms with Gasteiger partial charge in [-0.1, -0.05) is 35.7 Å². The van der Waals surface area contributed by atoms with Crippen LogP contribution in [0.3, 0.4) is 0 Å². The molecule has 2 aromatic rings. The standard InChI is InChI=1S/C21H21N3O3S4/c1-5-23-13-11-12(27-4)7-8-14(13)29-16(23)10-9-15-18(25)24(6-2)20(30-15)17-19(26)22(3)21(28)31-17/h7-11H,5-6H2,1-4H3. The van der Waals surface area contributed by atoms with E-state index in [2.05, 4.69) is 17.9 Å². The van der Waals surface area contributed by atoms with Crippen LogP contribution < -0.4 is 24.4 Å². The van der Waals surface area contributed by atoms with Crippen LogP contribution in [0.25, 0.3) is 11.0 Å². The molecule has 0 bridgehead atoms. The van der Waals surface area contributed by atoms with Gasteiger partial charge < -0.3 is 9.64 Å². The molecule has 0 radical (unpaired) electrons. The highest BCUT2D eigenvalue weighted by Gasteiger charge is 2.31. The minimum absolute atomic E-state index is 0.0917. The van der Waals surface area contributed by atoms with E-state index < -0.39 is 0 Å². The van der Waals surface area contributed by atoms with Crippen LogP contribution in [0.1, 0.15) is 13.8 Å². The molecule has 2 aliphatic rings. The van der Waals surface area contributed by atoms with E-state index in [1.807, 2.05) is 31.2 Å². The van der Waals surface area contributed by atoms with Crippen molar-refractivity contribution < 1.29 is 9.53 Å². The van der Waals surface area contributed by atoms with Gasteiger partial charge in [-0.15, -0.1) is 11.3 Å². The van der Waals surface area contributed by atoms with E-state index in [0.29, 0.717) is 25.0 Å². The lowest BCUT2D eigenvalue weighted by Crippen LogP contribution is -2.32. The maximum absolute atomic E-state index is 13.0. The Balaban J connectivity index is 1.80. The number of aromatic nitrogens is 1. The lowest BCUT2D eigenvalue weighted by atomic mass is 10.2. The van der Waals surface area contributed by atoms with E-state index in [1.165, 1.54) is 28.0 Å². The number of thiocarbonyl (C=S) groups is 1. The van der Waals surface area contributed by atoms with Gasteiger partial charge in [-0.05, 0) is 38.1 Å². The van der Waals surface area contributed by atoms with E-state index >= 15 is 0 Å². The van der Waals surface area contributed by atoms with Crippen LogP contribution in [0.5, 0.6) is 5.75 Å². The monoisotopic (exact) mass is 491 g/mol. The molecular formula is C21H21N3O3S4. The molecule has 1 fully saturated rings. The van der Waals surface area contributed by atoms with Gasteiger partial charge in [0.1, 0.15) is 19.6 Å². The Kier molecular flexibility index (Phi) is 6.34. The second kappa shape index (κ2) is 8.85. The molecule has 3 heterocycles. The molecule has 0 spiro atoms. The summed E-state index contributed by atoms with van der Waals surface area (Å²) in [5.74, 6) is 0.659. The minimum atomic E-state index is -0.156. The molecule has 1 aromatic heterocycles. The number of benzene rings is 1. The number of amides is 1. The predicted molar refractivity (Wildman–Crippen MR) is 134 cm³/mol. The molecule has 2 aliphatic heterocycles. The Morgan fingerprint density at radius 2 is 1.90 bits per heavy atom. The van der Waals surface area contributed by atoms with Gasteiger partial charge in [-0.2, -0.15) is 0 Å². The molecular weight excluding hydrogens is 471 g/mol. The Hall–Kier alpha value is -2.01. The first kappa shape index (κ1) is 22.2. The largest absolute Gasteiger partial charge is 0.497 e. The zero-order valence-corrected chi connectivity index (χ0v) is 20.8. The molecule has 0 N–H and O–H groups in total. The summed E-state index contributed by atoms with van der Waals surface area (Å²) in [5.41, 5.74) is 1.01. The maximum atomic E-state index is 13.0. The van der Waals surface area contributed by atoms with Crippen LogP contribution >= 0.6 is 47.1 Å². The van der Waals surface area contributed by atoms with Crippen LogP contribution in [0, 0.1) is 0 Å². The number of ether oxygens (including phenoxy) is 1. The fourth-order valence-corrected chi connectivity index (χ4v) is 6.92. The van der Waals surface area contributed by atoms with Gasteiger partial charge in [0, 0.05) is 31.1 Å². The van der Waals surface area contributed by atoms with E-state index in [4.69, 9.17) is 17.0 Å². The van der Waals surface area contributed by atoms with E-state index in [9.17, 15) is 9.59 Å². The second-order valence-corrected chi connectivity index (χ2v) is 10.5. The van der Waals surface area contributed by atoms with Crippen molar-refractivity contribution in [3.8, 4) is 5.75 Å². The molecule has 1 aromatic carbocycles. The maximum Gasteiger partial charge on any atom is 0.269 e. The molecule has 0 unspecified atom stereocenters. The summed E-state index contributed by atoms with van der Waals surface area (Å²) in [4.78, 5) is 30.9. The Morgan fingerprint density at radius 3 is 2.52 bits per heavy atom. The molecule has 6 nitrogen and oxygen atoms in total. The summed E-state index contributed by atoms with van der Waals surface area (Å²) in [6, 6.07) is 6.03. The van der Waals surface area contributed by atoms with Crippen LogP contribution in [0.2, 0.25) is 0 Å². The highest BCUT2D eigenvalue weighted by atomic mass is 32.2. The van der Waals surface area contributed by atoms with Crippen molar-refractivity contribution in [1.82, 2.24) is 9.47 Å². The summed E-state index contributed by atoms with van der Waals surface area (Å²) in [6.45, 7) is 5.29. The topological polar surface area (TPSA) is 54.8 Å². The average molecular weight is 492 g/mol. The second-order valence-electron chi connectivity index (χ2n) is 6.73. The number of anilines is 1. The first-order chi connectivity index (χ1) is 14.9. The number of thioether (sulfide) groups is 2. The third kappa shape index (κ3) is 3.86. The van der Waals surface area contributed by atoms with Gasteiger partial charge >= 0.3 is 0 Å². The number of methoxy groups -OCH3 is 1. The third-order valence-electron chi connectivity index (χ3n) is 5.01. The van der Waals surface area contributed by atoms with Gasteiger partial charge in [-0.3, -0.25) is 19.1 Å². The normalized spacial score (nSPS) is 19.7. The fraction of sp³-hybridized carbons (Fsp3) is 0.286. The van der Waals surface area contributed by atoms with Crippen molar-refractivity contribution in [3.05, 3.63) is 48.9 Å². The molecule has 1 saturated heterocycles. The molecule has 10 heteroatoms. The first-order valence-corrected chi connectivity index (χ1v) is 12.5. The van der Waals surface area contributed by atoms with Crippen molar-refractivity contribution in [2.24, 2.45) is 0 Å². The number of carbonyl (C=O) groups excluding carboxylic acids is 1. The molecule has 0 saturated carbocycles. The highest BCUT2D eigenvalue weighted by Crippen LogP contribution is 2.47. The van der Waals surface area contributed by atoms with E-state index in [1.54, 1.807) is 30.5 Å². The van der Waals surface area contributed by atoms with Crippen LogP contribution in [0.15, 0.2) is 39.0 Å². The van der Waals surface area contributed by atoms with Crippen molar-refractivity contribution in [3.63, 3.8) is 0 Å². The number of fused-ring (bicyclic) bond motifs is 1. The van der Waals surface area contributed by atoms with Gasteiger partial charge in [0.2, 0.25) is 0 Å². The molecule has 1 amide bonds. The number of allylic oxidation sites excluding steroid dienone is 1. The summed E-state index contributed by atoms with van der Waals surface area (Å²) in [7, 11) is 3.32. The number of hydrogen-bond acceptors (Lipinski definition) is 8. The predicted octanol–water partition coefficient (Wildman–Crippen LogP) is 2.79. The first-order valence-electron chi connectivity index (χ1n) is 9.68. The Morgan fingerprint density at radius 1 is 1.13 bits per heavy atom. The smallest absolute Gasteiger partial charge is 0.269 e. The van der Waals surface area contributed by atoms with E-state index in [-0.39, 0.29) is 11.5 Å². The zero-order chi connectivity index (χ0) is 22.3.